The van der Waals surface area contributed by atoms with Gasteiger partial charge in [-0.25, -0.2) is 13.4 Å². The summed E-state index contributed by atoms with van der Waals surface area (Å²) in [7, 11) is -5.01. The number of halogens is 1. The molecule has 1 rings (SSSR count). The first-order chi connectivity index (χ1) is 9.39. The zero-order valence-corrected chi connectivity index (χ0v) is 13.0. The number of hydrogen-bond acceptors (Lipinski definition) is 7. The molecule has 1 aliphatic rings. The molecule has 1 heterocycles. The fraction of sp³-hybridized carbons (Fsp3) is 0.909. The summed E-state index contributed by atoms with van der Waals surface area (Å²) < 4.78 is 64.6. The summed E-state index contributed by atoms with van der Waals surface area (Å²) in [6, 6.07) is 0. The number of alkyl halides is 1. The summed E-state index contributed by atoms with van der Waals surface area (Å²) in [5.41, 5.74) is -2.86. The third-order valence-corrected chi connectivity index (χ3v) is 3.25. The van der Waals surface area contributed by atoms with Crippen LogP contribution in [-0.4, -0.2) is 55.8 Å². The Morgan fingerprint density at radius 2 is 2.14 bits per heavy atom. The van der Waals surface area contributed by atoms with Gasteiger partial charge in [0.2, 0.25) is 5.67 Å². The van der Waals surface area contributed by atoms with E-state index in [1.807, 2.05) is 0 Å². The van der Waals surface area contributed by atoms with Crippen LogP contribution in [0, 0.1) is 0 Å². The zero-order chi connectivity index (χ0) is 16.5. The van der Waals surface area contributed by atoms with Crippen LogP contribution >= 0.6 is 0 Å². The molecule has 0 aromatic rings. The Labute approximate surface area is 122 Å². The molecule has 0 bridgehead atoms. The Balaban J connectivity index is 3.05. The number of ether oxygens (including phenoxy) is 3. The molecular weight excluding hydrogens is 311 g/mol. The second kappa shape index (κ2) is 6.13. The number of rotatable bonds is 6. The van der Waals surface area contributed by atoms with E-state index < -0.39 is 40.0 Å². The predicted octanol–water partition coefficient (Wildman–Crippen LogP) is 0.617. The van der Waals surface area contributed by atoms with Crippen LogP contribution in [0.25, 0.3) is 0 Å². The second-order valence-corrected chi connectivity index (χ2v) is 6.16. The van der Waals surface area contributed by atoms with Crippen molar-refractivity contribution in [2.75, 3.05) is 13.2 Å². The minimum Gasteiger partial charge on any atom is -0.464 e. The summed E-state index contributed by atoms with van der Waals surface area (Å²) in [5.74, 6) is -2.43. The maximum Gasteiger partial charge on any atom is 0.397 e. The summed E-state index contributed by atoms with van der Waals surface area (Å²) >= 11 is 0. The molecule has 124 valence electrons. The highest BCUT2D eigenvalue weighted by atomic mass is 32.3. The molecule has 0 radical (unpaired) electrons. The molecule has 8 nitrogen and oxygen atoms in total. The molecule has 0 aromatic heterocycles. The van der Waals surface area contributed by atoms with Crippen molar-refractivity contribution in [3.63, 3.8) is 0 Å². The van der Waals surface area contributed by atoms with Gasteiger partial charge in [0.1, 0.15) is 6.10 Å². The van der Waals surface area contributed by atoms with Crippen LogP contribution in [0.5, 0.6) is 0 Å². The molecule has 1 fully saturated rings. The molecule has 1 saturated heterocycles. The van der Waals surface area contributed by atoms with Crippen molar-refractivity contribution in [1.82, 2.24) is 0 Å². The lowest BCUT2D eigenvalue weighted by Gasteiger charge is -2.30. The van der Waals surface area contributed by atoms with Gasteiger partial charge in [-0.15, -0.1) is 0 Å². The first-order valence-corrected chi connectivity index (χ1v) is 7.59. The van der Waals surface area contributed by atoms with Crippen molar-refractivity contribution in [1.29, 1.82) is 0 Å². The van der Waals surface area contributed by atoms with Crippen molar-refractivity contribution in [2.24, 2.45) is 0 Å². The van der Waals surface area contributed by atoms with Gasteiger partial charge in [0.05, 0.1) is 13.2 Å². The lowest BCUT2D eigenvalue weighted by molar-refractivity contribution is -0.179. The van der Waals surface area contributed by atoms with Crippen molar-refractivity contribution in [3.8, 4) is 0 Å². The van der Waals surface area contributed by atoms with Gasteiger partial charge in [-0.1, -0.05) is 0 Å². The van der Waals surface area contributed by atoms with Gasteiger partial charge in [0.25, 0.3) is 0 Å². The summed E-state index contributed by atoms with van der Waals surface area (Å²) in [6.07, 6.45) is -3.17. The van der Waals surface area contributed by atoms with E-state index in [4.69, 9.17) is 14.0 Å². The number of hydrogen-bond donors (Lipinski definition) is 1. The van der Waals surface area contributed by atoms with E-state index in [0.29, 0.717) is 0 Å². The van der Waals surface area contributed by atoms with E-state index in [1.54, 1.807) is 0 Å². The number of carbonyl (C=O) groups is 1. The van der Waals surface area contributed by atoms with E-state index in [9.17, 15) is 17.6 Å². The van der Waals surface area contributed by atoms with Gasteiger partial charge >= 0.3 is 16.4 Å². The van der Waals surface area contributed by atoms with Crippen molar-refractivity contribution in [3.05, 3.63) is 0 Å². The second-order valence-electron chi connectivity index (χ2n) is 5.11. The quantitative estimate of drug-likeness (QED) is 0.557. The average Bonchev–Trinajstić information content (AvgIpc) is 2.65. The maximum absolute atomic E-state index is 14.7. The Kier molecular flexibility index (Phi) is 5.32. The molecule has 0 unspecified atom stereocenters. The highest BCUT2D eigenvalue weighted by Crippen LogP contribution is 2.33. The van der Waals surface area contributed by atoms with Gasteiger partial charge in [-0.05, 0) is 27.7 Å². The Morgan fingerprint density at radius 3 is 2.52 bits per heavy atom. The SMILES string of the molecule is CCOC(=O)[C@](C)(F)[C@@H](OS(=O)(=O)O)[C@H]1COC(C)(C)O1. The monoisotopic (exact) mass is 330 g/mol. The molecule has 0 aromatic carbocycles. The molecule has 1 N–H and O–H groups in total. The van der Waals surface area contributed by atoms with Crippen LogP contribution in [0.3, 0.4) is 0 Å². The maximum atomic E-state index is 14.7. The number of carbonyl (C=O) groups excluding carboxylic acids is 1. The van der Waals surface area contributed by atoms with Crippen LogP contribution in [0.2, 0.25) is 0 Å². The summed E-state index contributed by atoms with van der Waals surface area (Å²) in [6.45, 7) is 4.98. The predicted molar refractivity (Wildman–Crippen MR) is 67.5 cm³/mol. The molecule has 21 heavy (non-hydrogen) atoms. The van der Waals surface area contributed by atoms with Crippen molar-refractivity contribution in [2.45, 2.75) is 51.4 Å². The summed E-state index contributed by atoms with van der Waals surface area (Å²) in [5, 5.41) is 0. The Bertz CT molecular complexity index is 486. The fourth-order valence-electron chi connectivity index (χ4n) is 1.89. The lowest BCUT2D eigenvalue weighted by Crippen LogP contribution is -2.53. The van der Waals surface area contributed by atoms with E-state index in [1.165, 1.54) is 20.8 Å². The molecular formula is C11H19FO8S. The third-order valence-electron chi connectivity index (χ3n) is 2.80. The molecule has 10 heteroatoms. The average molecular weight is 330 g/mol. The normalized spacial score (nSPS) is 26.1. The summed E-state index contributed by atoms with van der Waals surface area (Å²) in [4.78, 5) is 11.7. The Morgan fingerprint density at radius 1 is 1.57 bits per heavy atom. The fourth-order valence-corrected chi connectivity index (χ4v) is 2.45. The first-order valence-electron chi connectivity index (χ1n) is 6.22. The lowest BCUT2D eigenvalue weighted by atomic mass is 9.97. The van der Waals surface area contributed by atoms with E-state index in [-0.39, 0.29) is 13.2 Å². The highest BCUT2D eigenvalue weighted by Gasteiger charge is 2.54. The minimum atomic E-state index is -5.01. The Hall–Kier alpha value is -0.810. The van der Waals surface area contributed by atoms with Gasteiger partial charge in [-0.2, -0.15) is 8.42 Å². The van der Waals surface area contributed by atoms with Crippen molar-refractivity contribution >= 4 is 16.4 Å². The van der Waals surface area contributed by atoms with Gasteiger partial charge in [-0.3, -0.25) is 4.55 Å². The van der Waals surface area contributed by atoms with Gasteiger partial charge in [0, 0.05) is 0 Å². The van der Waals surface area contributed by atoms with Crippen LogP contribution < -0.4 is 0 Å². The molecule has 1 aliphatic heterocycles. The van der Waals surface area contributed by atoms with Crippen LogP contribution in [-0.2, 0) is 33.6 Å². The molecule has 0 spiro atoms. The van der Waals surface area contributed by atoms with Gasteiger partial charge in [0.15, 0.2) is 11.9 Å². The molecule has 0 saturated carbocycles. The molecule has 0 amide bonds. The van der Waals surface area contributed by atoms with E-state index >= 15 is 0 Å². The standard InChI is InChI=1S/C11H19FO8S/c1-5-17-9(13)11(4,12)8(20-21(14,15)16)7-6-18-10(2,3)19-7/h7-8H,5-6H2,1-4H3,(H,14,15,16)/t7-,8+,11-/m1/s1. The minimum absolute atomic E-state index is 0.107. The van der Waals surface area contributed by atoms with Crippen LogP contribution in [0.1, 0.15) is 27.7 Å². The molecule has 0 aliphatic carbocycles. The first kappa shape index (κ1) is 18.2. The topological polar surface area (TPSA) is 108 Å². The number of esters is 1. The van der Waals surface area contributed by atoms with Crippen LogP contribution in [0.15, 0.2) is 0 Å². The van der Waals surface area contributed by atoms with Gasteiger partial charge < -0.3 is 14.2 Å². The molecule has 3 atom stereocenters. The largest absolute Gasteiger partial charge is 0.464 e. The van der Waals surface area contributed by atoms with E-state index in [2.05, 4.69) is 8.92 Å². The van der Waals surface area contributed by atoms with Crippen molar-refractivity contribution < 1.29 is 40.5 Å². The smallest absolute Gasteiger partial charge is 0.397 e. The zero-order valence-electron chi connectivity index (χ0n) is 12.2. The van der Waals surface area contributed by atoms with E-state index in [0.717, 1.165) is 6.92 Å². The third kappa shape index (κ3) is 4.85. The highest BCUT2D eigenvalue weighted by molar-refractivity contribution is 7.80. The van der Waals surface area contributed by atoms with Crippen LogP contribution in [0.4, 0.5) is 4.39 Å².